The highest BCUT2D eigenvalue weighted by molar-refractivity contribution is 6.01. The molecule has 8 heteroatoms. The summed E-state index contributed by atoms with van der Waals surface area (Å²) in [5.41, 5.74) is -3.29. The molecule has 4 unspecified atom stereocenters. The predicted molar refractivity (Wildman–Crippen MR) is 109 cm³/mol. The van der Waals surface area contributed by atoms with E-state index in [0.717, 1.165) is 31.9 Å². The third-order valence-corrected chi connectivity index (χ3v) is 7.94. The third kappa shape index (κ3) is 3.07. The van der Waals surface area contributed by atoms with Crippen molar-refractivity contribution in [3.8, 4) is 5.75 Å². The van der Waals surface area contributed by atoms with Crippen LogP contribution in [0.25, 0.3) is 0 Å². The highest BCUT2D eigenvalue weighted by Crippen LogP contribution is 2.51. The smallest absolute Gasteiger partial charge is 0.297 e. The van der Waals surface area contributed by atoms with Crippen LogP contribution in [0, 0.1) is 23.7 Å². The van der Waals surface area contributed by atoms with Crippen molar-refractivity contribution >= 4 is 5.78 Å². The number of carbonyl (C=O) groups is 1. The van der Waals surface area contributed by atoms with Crippen LogP contribution in [0.4, 0.5) is 0 Å². The lowest BCUT2D eigenvalue weighted by molar-refractivity contribution is -0.0246. The first-order valence-corrected chi connectivity index (χ1v) is 11.2. The molecule has 3 aliphatic carbocycles. The van der Waals surface area contributed by atoms with Crippen LogP contribution in [0.1, 0.15) is 61.4 Å². The Bertz CT molecular complexity index is 1000. The quantitative estimate of drug-likeness (QED) is 0.248. The Morgan fingerprint density at radius 1 is 1.23 bits per heavy atom. The molecule has 0 aromatic carbocycles. The van der Waals surface area contributed by atoms with Gasteiger partial charge in [-0.15, -0.1) is 0 Å². The molecule has 1 saturated heterocycles. The minimum atomic E-state index is -1.70. The second kappa shape index (κ2) is 7.18. The van der Waals surface area contributed by atoms with Crippen LogP contribution in [-0.4, -0.2) is 49.4 Å². The molecular weight excluding hydrogens is 402 g/mol. The number of aliphatic hydroxyl groups is 2. The van der Waals surface area contributed by atoms with E-state index >= 15 is 0 Å². The maximum Gasteiger partial charge on any atom is 0.297 e. The number of rotatable bonds is 3. The SMILES string of the molecule is C[C@H]1C=C[C@H]2CCCC[C@H]2[C@@H]1C(=O)c1c(O)c(C2(O)CCC(O)C3OC32)cn(O)c1=O. The molecule has 0 bridgehead atoms. The molecule has 4 aliphatic rings. The fourth-order valence-corrected chi connectivity index (χ4v) is 6.20. The highest BCUT2D eigenvalue weighted by Gasteiger charge is 2.62. The number of epoxide rings is 1. The number of aromatic nitrogens is 1. The molecule has 1 aromatic heterocycles. The van der Waals surface area contributed by atoms with Crippen LogP contribution in [0.2, 0.25) is 0 Å². The van der Waals surface area contributed by atoms with Gasteiger partial charge in [-0.3, -0.25) is 9.59 Å². The summed E-state index contributed by atoms with van der Waals surface area (Å²) in [6, 6.07) is 0. The van der Waals surface area contributed by atoms with E-state index in [1.165, 1.54) is 0 Å². The van der Waals surface area contributed by atoms with Gasteiger partial charge in [-0.1, -0.05) is 31.9 Å². The second-order valence-electron chi connectivity index (χ2n) is 9.71. The maximum atomic E-state index is 13.7. The first-order chi connectivity index (χ1) is 14.7. The average molecular weight is 431 g/mol. The van der Waals surface area contributed by atoms with Crippen molar-refractivity contribution in [1.82, 2.24) is 4.73 Å². The van der Waals surface area contributed by atoms with Crippen molar-refractivity contribution in [2.45, 2.75) is 69.4 Å². The summed E-state index contributed by atoms with van der Waals surface area (Å²) in [5, 5.41) is 42.6. The number of nitrogens with zero attached hydrogens (tertiary/aromatic N) is 1. The highest BCUT2D eigenvalue weighted by atomic mass is 16.6. The van der Waals surface area contributed by atoms with E-state index in [9.17, 15) is 30.1 Å². The van der Waals surface area contributed by atoms with Gasteiger partial charge < -0.3 is 25.3 Å². The Labute approximate surface area is 179 Å². The molecule has 1 aromatic rings. The minimum Gasteiger partial charge on any atom is -0.507 e. The van der Waals surface area contributed by atoms with Gasteiger partial charge in [-0.05, 0) is 43.4 Å². The van der Waals surface area contributed by atoms with Crippen molar-refractivity contribution in [3.63, 3.8) is 0 Å². The number of ether oxygens (including phenoxy) is 1. The summed E-state index contributed by atoms with van der Waals surface area (Å²) in [7, 11) is 0. The number of pyridine rings is 1. The maximum absolute atomic E-state index is 13.7. The number of hydrogen-bond acceptors (Lipinski definition) is 7. The Balaban J connectivity index is 1.58. The number of aliphatic hydroxyl groups excluding tert-OH is 1. The first kappa shape index (κ1) is 20.7. The average Bonchev–Trinajstić information content (AvgIpc) is 3.56. The lowest BCUT2D eigenvalue weighted by Crippen LogP contribution is -2.43. The van der Waals surface area contributed by atoms with Gasteiger partial charge in [0.2, 0.25) is 0 Å². The monoisotopic (exact) mass is 431 g/mol. The van der Waals surface area contributed by atoms with Gasteiger partial charge >= 0.3 is 0 Å². The van der Waals surface area contributed by atoms with E-state index < -0.39 is 52.5 Å². The molecule has 31 heavy (non-hydrogen) atoms. The zero-order valence-corrected chi connectivity index (χ0v) is 17.5. The molecule has 2 heterocycles. The Morgan fingerprint density at radius 2 is 1.97 bits per heavy atom. The molecule has 8 atom stereocenters. The number of Topliss-reactive ketones (excluding diaryl/α,β-unsaturated/α-hetero) is 1. The van der Waals surface area contributed by atoms with Crippen LogP contribution in [0.5, 0.6) is 5.75 Å². The molecule has 5 rings (SSSR count). The number of hydrogen-bond donors (Lipinski definition) is 4. The van der Waals surface area contributed by atoms with Gasteiger partial charge in [0.1, 0.15) is 29.1 Å². The van der Waals surface area contributed by atoms with Crippen LogP contribution in [0.3, 0.4) is 0 Å². The number of fused-ring (bicyclic) bond motifs is 2. The first-order valence-electron chi connectivity index (χ1n) is 11.2. The summed E-state index contributed by atoms with van der Waals surface area (Å²) in [5.74, 6) is -1.32. The van der Waals surface area contributed by atoms with Gasteiger partial charge in [0.25, 0.3) is 5.56 Å². The van der Waals surface area contributed by atoms with Crippen molar-refractivity contribution in [2.24, 2.45) is 23.7 Å². The fourth-order valence-electron chi connectivity index (χ4n) is 6.20. The summed E-state index contributed by atoms with van der Waals surface area (Å²) < 4.78 is 5.68. The molecule has 2 saturated carbocycles. The molecule has 0 amide bonds. The molecule has 3 fully saturated rings. The van der Waals surface area contributed by atoms with Gasteiger partial charge in [0, 0.05) is 11.5 Å². The van der Waals surface area contributed by atoms with E-state index in [2.05, 4.69) is 6.08 Å². The minimum absolute atomic E-state index is 0.0714. The molecular formula is C23H29NO7. The zero-order chi connectivity index (χ0) is 22.1. The lowest BCUT2D eigenvalue weighted by Gasteiger charge is -2.40. The van der Waals surface area contributed by atoms with Crippen molar-refractivity contribution in [3.05, 3.63) is 39.8 Å². The topological polar surface area (TPSA) is 133 Å². The van der Waals surface area contributed by atoms with E-state index in [4.69, 9.17) is 4.74 Å². The molecule has 168 valence electrons. The zero-order valence-electron chi connectivity index (χ0n) is 17.5. The Morgan fingerprint density at radius 3 is 2.74 bits per heavy atom. The van der Waals surface area contributed by atoms with Crippen molar-refractivity contribution in [1.29, 1.82) is 0 Å². The van der Waals surface area contributed by atoms with Crippen LogP contribution in [-0.2, 0) is 10.3 Å². The Kier molecular flexibility index (Phi) is 4.80. The van der Waals surface area contributed by atoms with Crippen LogP contribution >= 0.6 is 0 Å². The standard InChI is InChI=1S/C23H29NO7/c1-11-6-7-12-4-2-3-5-13(12)16(11)19(27)17-18(26)14(10-24(30)22(17)28)23(29)9-8-15(25)20-21(23)31-20/h6-7,10-13,15-16,20-21,25-26,29-30H,2-5,8-9H2,1H3/t11-,12+,13+,15?,16+,20?,21?,23?/m0/s1. The summed E-state index contributed by atoms with van der Waals surface area (Å²) in [4.78, 5) is 26.5. The van der Waals surface area contributed by atoms with Crippen LogP contribution < -0.4 is 5.56 Å². The molecule has 4 N–H and O–H groups in total. The largest absolute Gasteiger partial charge is 0.507 e. The van der Waals surface area contributed by atoms with Crippen molar-refractivity contribution in [2.75, 3.05) is 0 Å². The van der Waals surface area contributed by atoms with Gasteiger partial charge in [-0.2, -0.15) is 4.73 Å². The van der Waals surface area contributed by atoms with Gasteiger partial charge in [0.05, 0.1) is 12.3 Å². The fraction of sp³-hybridized carbons (Fsp3) is 0.652. The van der Waals surface area contributed by atoms with Gasteiger partial charge in [-0.25, -0.2) is 0 Å². The number of carbonyl (C=O) groups excluding carboxylic acids is 1. The third-order valence-electron chi connectivity index (χ3n) is 7.94. The van der Waals surface area contributed by atoms with E-state index in [1.54, 1.807) is 0 Å². The van der Waals surface area contributed by atoms with Crippen LogP contribution in [0.15, 0.2) is 23.1 Å². The normalized spacial score (nSPS) is 41.3. The van der Waals surface area contributed by atoms with E-state index in [1.807, 2.05) is 13.0 Å². The summed E-state index contributed by atoms with van der Waals surface area (Å²) >= 11 is 0. The van der Waals surface area contributed by atoms with Gasteiger partial charge in [0.15, 0.2) is 5.78 Å². The molecule has 0 radical (unpaired) electrons. The number of aromatic hydroxyl groups is 1. The number of ketones is 1. The Hall–Kier alpha value is -2.16. The molecule has 0 spiro atoms. The second-order valence-corrected chi connectivity index (χ2v) is 9.71. The van der Waals surface area contributed by atoms with E-state index in [-0.39, 0.29) is 40.9 Å². The molecule has 1 aliphatic heterocycles. The van der Waals surface area contributed by atoms with Crippen molar-refractivity contribution < 1.29 is 30.1 Å². The lowest BCUT2D eigenvalue weighted by atomic mass is 9.63. The van der Waals surface area contributed by atoms with E-state index in [0.29, 0.717) is 0 Å². The predicted octanol–water partition coefficient (Wildman–Crippen LogP) is 1.71. The summed E-state index contributed by atoms with van der Waals surface area (Å²) in [6.45, 7) is 1.93. The summed E-state index contributed by atoms with van der Waals surface area (Å²) in [6.07, 6.45) is 7.39. The number of allylic oxidation sites excluding steroid dienone is 2. The molecule has 8 nitrogen and oxygen atoms in total.